The normalized spacial score (nSPS) is 19.7. The number of ether oxygens (including phenoxy) is 1. The largest absolute Gasteiger partial charge is 0.456 e. The van der Waals surface area contributed by atoms with Gasteiger partial charge in [-0.15, -0.1) is 0 Å². The van der Waals surface area contributed by atoms with Crippen LogP contribution in [0.25, 0.3) is 0 Å². The third-order valence-electron chi connectivity index (χ3n) is 1.94. The SMILES string of the molecule is C=CC(=O)OC1(CC)CC1. The Bertz CT molecular complexity index is 157. The highest BCUT2D eigenvalue weighted by Crippen LogP contribution is 2.42. The van der Waals surface area contributed by atoms with Crippen LogP contribution in [0.4, 0.5) is 0 Å². The number of carbonyl (C=O) groups is 1. The van der Waals surface area contributed by atoms with E-state index in [1.54, 1.807) is 0 Å². The van der Waals surface area contributed by atoms with E-state index in [0.29, 0.717) is 0 Å². The molecule has 0 aromatic heterocycles. The summed E-state index contributed by atoms with van der Waals surface area (Å²) in [6.45, 7) is 5.36. The van der Waals surface area contributed by atoms with Crippen molar-refractivity contribution in [1.29, 1.82) is 0 Å². The summed E-state index contributed by atoms with van der Waals surface area (Å²) in [4.78, 5) is 10.7. The van der Waals surface area contributed by atoms with E-state index in [0.717, 1.165) is 19.3 Å². The van der Waals surface area contributed by atoms with Gasteiger partial charge in [0.15, 0.2) is 0 Å². The Balaban J connectivity index is 2.37. The van der Waals surface area contributed by atoms with E-state index in [4.69, 9.17) is 4.74 Å². The Hall–Kier alpha value is -0.790. The second-order valence-electron chi connectivity index (χ2n) is 2.66. The molecule has 2 heteroatoms. The lowest BCUT2D eigenvalue weighted by Crippen LogP contribution is -2.16. The Kier molecular flexibility index (Phi) is 1.79. The van der Waals surface area contributed by atoms with Gasteiger partial charge in [-0.1, -0.05) is 13.5 Å². The molecular weight excluding hydrogens is 128 g/mol. The van der Waals surface area contributed by atoms with Crippen molar-refractivity contribution in [3.8, 4) is 0 Å². The molecule has 0 aromatic rings. The molecule has 0 atom stereocenters. The van der Waals surface area contributed by atoms with Crippen LogP contribution in [-0.4, -0.2) is 11.6 Å². The molecule has 1 fully saturated rings. The van der Waals surface area contributed by atoms with Gasteiger partial charge in [-0.3, -0.25) is 0 Å². The van der Waals surface area contributed by atoms with Gasteiger partial charge >= 0.3 is 5.97 Å². The predicted molar refractivity (Wildman–Crippen MR) is 38.5 cm³/mol. The first kappa shape index (κ1) is 7.32. The van der Waals surface area contributed by atoms with Gasteiger partial charge in [0.1, 0.15) is 5.60 Å². The van der Waals surface area contributed by atoms with E-state index < -0.39 is 0 Å². The van der Waals surface area contributed by atoms with E-state index >= 15 is 0 Å². The van der Waals surface area contributed by atoms with Crippen LogP contribution in [0.3, 0.4) is 0 Å². The van der Waals surface area contributed by atoms with E-state index in [9.17, 15) is 4.79 Å². The zero-order valence-corrected chi connectivity index (χ0v) is 6.22. The smallest absolute Gasteiger partial charge is 0.330 e. The Labute approximate surface area is 60.9 Å². The lowest BCUT2D eigenvalue weighted by Gasteiger charge is -2.11. The van der Waals surface area contributed by atoms with E-state index in [1.165, 1.54) is 6.08 Å². The summed E-state index contributed by atoms with van der Waals surface area (Å²) in [6, 6.07) is 0. The second kappa shape index (κ2) is 2.45. The highest BCUT2D eigenvalue weighted by molar-refractivity contribution is 5.81. The maximum Gasteiger partial charge on any atom is 0.330 e. The van der Waals surface area contributed by atoms with Gasteiger partial charge in [-0.25, -0.2) is 4.79 Å². The minimum atomic E-state index is -0.292. The van der Waals surface area contributed by atoms with Crippen LogP contribution < -0.4 is 0 Å². The number of carbonyl (C=O) groups excluding carboxylic acids is 1. The van der Waals surface area contributed by atoms with Crippen LogP contribution in [0.15, 0.2) is 12.7 Å². The fraction of sp³-hybridized carbons (Fsp3) is 0.625. The number of hydrogen-bond acceptors (Lipinski definition) is 2. The minimum absolute atomic E-state index is 0.106. The van der Waals surface area contributed by atoms with Gasteiger partial charge in [0.05, 0.1) is 0 Å². The number of hydrogen-bond donors (Lipinski definition) is 0. The maximum absolute atomic E-state index is 10.7. The Morgan fingerprint density at radius 3 is 2.70 bits per heavy atom. The van der Waals surface area contributed by atoms with E-state index in [1.807, 2.05) is 6.92 Å². The second-order valence-corrected chi connectivity index (χ2v) is 2.66. The van der Waals surface area contributed by atoms with Crippen molar-refractivity contribution in [2.45, 2.75) is 31.8 Å². The fourth-order valence-corrected chi connectivity index (χ4v) is 0.922. The van der Waals surface area contributed by atoms with Crippen molar-refractivity contribution in [3.63, 3.8) is 0 Å². The third kappa shape index (κ3) is 1.38. The van der Waals surface area contributed by atoms with Crippen molar-refractivity contribution in [2.24, 2.45) is 0 Å². The van der Waals surface area contributed by atoms with Gasteiger partial charge in [-0.05, 0) is 19.3 Å². The van der Waals surface area contributed by atoms with Gasteiger partial charge in [0.25, 0.3) is 0 Å². The first-order valence-corrected chi connectivity index (χ1v) is 3.58. The van der Waals surface area contributed by atoms with Gasteiger partial charge in [-0.2, -0.15) is 0 Å². The monoisotopic (exact) mass is 140 g/mol. The highest BCUT2D eigenvalue weighted by atomic mass is 16.6. The summed E-state index contributed by atoms with van der Waals surface area (Å²) in [6.07, 6.45) is 4.18. The fourth-order valence-electron chi connectivity index (χ4n) is 0.922. The molecule has 0 aliphatic heterocycles. The number of rotatable bonds is 3. The molecule has 10 heavy (non-hydrogen) atoms. The Morgan fingerprint density at radius 1 is 1.80 bits per heavy atom. The topological polar surface area (TPSA) is 26.3 Å². The molecule has 0 aromatic carbocycles. The van der Waals surface area contributed by atoms with Crippen LogP contribution in [0.1, 0.15) is 26.2 Å². The van der Waals surface area contributed by atoms with Crippen LogP contribution >= 0.6 is 0 Å². The van der Waals surface area contributed by atoms with Crippen molar-refractivity contribution in [1.82, 2.24) is 0 Å². The first-order chi connectivity index (χ1) is 4.72. The standard InChI is InChI=1S/C8H12O2/c1-3-7(9)10-8(4-2)5-6-8/h3H,1,4-6H2,2H3. The first-order valence-electron chi connectivity index (χ1n) is 3.58. The quantitative estimate of drug-likeness (QED) is 0.440. The molecule has 0 heterocycles. The molecule has 0 spiro atoms. The molecule has 56 valence electrons. The zero-order valence-electron chi connectivity index (χ0n) is 6.22. The molecule has 1 aliphatic carbocycles. The molecule has 0 unspecified atom stereocenters. The molecule has 0 bridgehead atoms. The van der Waals surface area contributed by atoms with Crippen molar-refractivity contribution in [2.75, 3.05) is 0 Å². The van der Waals surface area contributed by atoms with Crippen molar-refractivity contribution < 1.29 is 9.53 Å². The summed E-state index contributed by atoms with van der Waals surface area (Å²) in [7, 11) is 0. The number of esters is 1. The maximum atomic E-state index is 10.7. The van der Waals surface area contributed by atoms with E-state index in [-0.39, 0.29) is 11.6 Å². The molecule has 2 nitrogen and oxygen atoms in total. The average Bonchev–Trinajstić information content (AvgIpc) is 2.70. The summed E-state index contributed by atoms with van der Waals surface area (Å²) in [5.41, 5.74) is -0.106. The van der Waals surface area contributed by atoms with Crippen LogP contribution in [-0.2, 0) is 9.53 Å². The molecule has 1 saturated carbocycles. The molecule has 0 N–H and O–H groups in total. The summed E-state index contributed by atoms with van der Waals surface area (Å²) in [5, 5.41) is 0. The van der Waals surface area contributed by atoms with Crippen molar-refractivity contribution in [3.05, 3.63) is 12.7 Å². The molecule has 1 aliphatic rings. The zero-order chi connectivity index (χ0) is 7.61. The van der Waals surface area contributed by atoms with E-state index in [2.05, 4.69) is 6.58 Å². The summed E-state index contributed by atoms with van der Waals surface area (Å²) in [5.74, 6) is -0.292. The summed E-state index contributed by atoms with van der Waals surface area (Å²) < 4.78 is 5.09. The predicted octanol–water partition coefficient (Wildman–Crippen LogP) is 1.66. The van der Waals surface area contributed by atoms with Crippen LogP contribution in [0, 0.1) is 0 Å². The van der Waals surface area contributed by atoms with Crippen LogP contribution in [0.2, 0.25) is 0 Å². The van der Waals surface area contributed by atoms with Crippen molar-refractivity contribution >= 4 is 5.97 Å². The molecule has 0 radical (unpaired) electrons. The molecule has 1 rings (SSSR count). The average molecular weight is 140 g/mol. The van der Waals surface area contributed by atoms with Crippen LogP contribution in [0.5, 0.6) is 0 Å². The van der Waals surface area contributed by atoms with Gasteiger partial charge in [0, 0.05) is 6.08 Å². The molecule has 0 amide bonds. The lowest BCUT2D eigenvalue weighted by atomic mass is 10.2. The Morgan fingerprint density at radius 2 is 2.40 bits per heavy atom. The minimum Gasteiger partial charge on any atom is -0.456 e. The summed E-state index contributed by atoms with van der Waals surface area (Å²) >= 11 is 0. The highest BCUT2D eigenvalue weighted by Gasteiger charge is 2.44. The van der Waals surface area contributed by atoms with Gasteiger partial charge < -0.3 is 4.74 Å². The third-order valence-corrected chi connectivity index (χ3v) is 1.94. The van der Waals surface area contributed by atoms with Gasteiger partial charge in [0.2, 0.25) is 0 Å². The molecular formula is C8H12O2. The lowest BCUT2D eigenvalue weighted by molar-refractivity contribution is -0.145. The molecule has 0 saturated heterocycles.